The molecule has 1 fully saturated rings. The Kier molecular flexibility index (Phi) is 3.95. The van der Waals surface area contributed by atoms with Gasteiger partial charge in [-0.1, -0.05) is 0 Å². The topological polar surface area (TPSA) is 93.5 Å². The molecule has 1 aliphatic rings. The Hall–Kier alpha value is -1.44. The average Bonchev–Trinajstić information content (AvgIpc) is 2.72. The molecule has 1 aliphatic heterocycles. The van der Waals surface area contributed by atoms with Gasteiger partial charge in [0.05, 0.1) is 6.10 Å². The van der Waals surface area contributed by atoms with E-state index < -0.39 is 17.5 Å². The largest absolute Gasteiger partial charge is 0.396 e. The predicted molar refractivity (Wildman–Crippen MR) is 62.3 cm³/mol. The highest BCUT2D eigenvalue weighted by Crippen LogP contribution is 2.31. The van der Waals surface area contributed by atoms with Crippen molar-refractivity contribution < 1.29 is 14.6 Å². The van der Waals surface area contributed by atoms with Gasteiger partial charge >= 0.3 is 5.69 Å². The highest BCUT2D eigenvalue weighted by Gasteiger charge is 2.36. The van der Waals surface area contributed by atoms with Gasteiger partial charge in [-0.2, -0.15) is 0 Å². The molecule has 0 radical (unpaired) electrons. The van der Waals surface area contributed by atoms with Gasteiger partial charge in [-0.25, -0.2) is 4.79 Å². The van der Waals surface area contributed by atoms with E-state index in [9.17, 15) is 9.59 Å². The van der Waals surface area contributed by atoms with Gasteiger partial charge in [0.25, 0.3) is 5.56 Å². The van der Waals surface area contributed by atoms with Crippen molar-refractivity contribution in [2.45, 2.75) is 31.3 Å². The second-order valence-electron chi connectivity index (χ2n) is 4.19. The van der Waals surface area contributed by atoms with Crippen LogP contribution in [0.4, 0.5) is 0 Å². The monoisotopic (exact) mass is 256 g/mol. The maximum atomic E-state index is 11.7. The molecule has 0 amide bonds. The lowest BCUT2D eigenvalue weighted by Crippen LogP contribution is -2.35. The van der Waals surface area contributed by atoms with Crippen LogP contribution in [0, 0.1) is 0 Å². The number of aliphatic hydroxyl groups excluding tert-OH is 1. The fourth-order valence-electron chi connectivity index (χ4n) is 2.13. The van der Waals surface area contributed by atoms with Gasteiger partial charge in [0.1, 0.15) is 6.10 Å². The van der Waals surface area contributed by atoms with Gasteiger partial charge in [-0.3, -0.25) is 14.3 Å². The molecule has 2 rings (SSSR count). The van der Waals surface area contributed by atoms with E-state index in [1.54, 1.807) is 7.11 Å². The summed E-state index contributed by atoms with van der Waals surface area (Å²) in [5, 5.41) is 8.90. The number of nitrogens with zero attached hydrogens (tertiary/aromatic N) is 1. The Morgan fingerprint density at radius 2 is 2.39 bits per heavy atom. The number of methoxy groups -OCH3 is 1. The molecule has 2 heterocycles. The van der Waals surface area contributed by atoms with Crippen LogP contribution in [0.1, 0.15) is 19.1 Å². The van der Waals surface area contributed by atoms with Gasteiger partial charge in [-0.15, -0.1) is 0 Å². The maximum absolute atomic E-state index is 11.7. The Balaban J connectivity index is 2.25. The van der Waals surface area contributed by atoms with E-state index in [0.717, 1.165) is 0 Å². The third-order valence-corrected chi connectivity index (χ3v) is 3.02. The number of nitrogens with one attached hydrogen (secondary N) is 1. The Morgan fingerprint density at radius 3 is 3.00 bits per heavy atom. The number of hydrogen-bond acceptors (Lipinski definition) is 5. The van der Waals surface area contributed by atoms with Crippen molar-refractivity contribution in [3.8, 4) is 0 Å². The third kappa shape index (κ3) is 2.53. The molecular formula is C11H16N2O5. The minimum Gasteiger partial charge on any atom is -0.396 e. The van der Waals surface area contributed by atoms with Crippen LogP contribution in [0.25, 0.3) is 0 Å². The lowest BCUT2D eigenvalue weighted by atomic mass is 10.1. The summed E-state index contributed by atoms with van der Waals surface area (Å²) < 4.78 is 12.2. The number of ether oxygens (including phenoxy) is 2. The van der Waals surface area contributed by atoms with Crippen LogP contribution >= 0.6 is 0 Å². The van der Waals surface area contributed by atoms with Crippen molar-refractivity contribution in [2.24, 2.45) is 0 Å². The summed E-state index contributed by atoms with van der Waals surface area (Å²) in [7, 11) is 1.54. The first-order chi connectivity index (χ1) is 8.65. The van der Waals surface area contributed by atoms with E-state index in [1.807, 2.05) is 0 Å². The summed E-state index contributed by atoms with van der Waals surface area (Å²) in [6, 6.07) is 1.26. The fraction of sp³-hybridized carbons (Fsp3) is 0.636. The third-order valence-electron chi connectivity index (χ3n) is 3.02. The molecule has 2 N–H and O–H groups in total. The summed E-state index contributed by atoms with van der Waals surface area (Å²) in [5.74, 6) is 0. The molecule has 7 heteroatoms. The molecule has 0 spiro atoms. The van der Waals surface area contributed by atoms with Crippen molar-refractivity contribution >= 4 is 0 Å². The highest BCUT2D eigenvalue weighted by atomic mass is 16.6. The Labute approximate surface area is 103 Å². The van der Waals surface area contributed by atoms with E-state index in [2.05, 4.69) is 4.98 Å². The summed E-state index contributed by atoms with van der Waals surface area (Å²) >= 11 is 0. The molecule has 0 bridgehead atoms. The maximum Gasteiger partial charge on any atom is 0.330 e. The lowest BCUT2D eigenvalue weighted by Gasteiger charge is -2.19. The number of H-pyrrole nitrogens is 1. The summed E-state index contributed by atoms with van der Waals surface area (Å²) in [5.41, 5.74) is -0.977. The first-order valence-corrected chi connectivity index (χ1v) is 5.76. The molecule has 0 aliphatic carbocycles. The van der Waals surface area contributed by atoms with Crippen LogP contribution in [0.5, 0.6) is 0 Å². The van der Waals surface area contributed by atoms with Crippen LogP contribution < -0.4 is 11.2 Å². The summed E-state index contributed by atoms with van der Waals surface area (Å²) in [6.45, 7) is 0.0222. The number of aromatic amines is 1. The highest BCUT2D eigenvalue weighted by molar-refractivity contribution is 4.89. The minimum absolute atomic E-state index is 0.0222. The Bertz CT molecular complexity index is 509. The molecule has 1 aromatic rings. The number of aliphatic hydroxyl groups is 1. The molecule has 3 atom stereocenters. The second kappa shape index (κ2) is 5.47. The molecule has 0 aromatic carbocycles. The zero-order valence-corrected chi connectivity index (χ0v) is 10.0. The van der Waals surface area contributed by atoms with Gasteiger partial charge in [0, 0.05) is 32.4 Å². The molecule has 1 saturated heterocycles. The normalized spacial score (nSPS) is 27.6. The zero-order chi connectivity index (χ0) is 13.1. The standard InChI is InChI=1S/C11H16N2O5/c1-17-8-6-7(3-5-14)18-10(8)13-4-2-9(15)12-11(13)16/h2,4,7-8,10,14H,3,5-6H2,1H3,(H,12,15,16)/t7-,8-,10-/m1/s1. The first kappa shape index (κ1) is 13.0. The van der Waals surface area contributed by atoms with Crippen molar-refractivity contribution in [1.82, 2.24) is 9.55 Å². The number of aromatic nitrogens is 2. The van der Waals surface area contributed by atoms with Crippen LogP contribution in [-0.2, 0) is 9.47 Å². The molecule has 0 unspecified atom stereocenters. The van der Waals surface area contributed by atoms with E-state index in [-0.39, 0.29) is 18.8 Å². The van der Waals surface area contributed by atoms with Crippen molar-refractivity contribution in [3.05, 3.63) is 33.1 Å². The first-order valence-electron chi connectivity index (χ1n) is 5.76. The quantitative estimate of drug-likeness (QED) is 0.737. The minimum atomic E-state index is -0.573. The number of hydrogen-bond donors (Lipinski definition) is 2. The van der Waals surface area contributed by atoms with Crippen molar-refractivity contribution in [1.29, 1.82) is 0 Å². The van der Waals surface area contributed by atoms with Crippen LogP contribution in [0.15, 0.2) is 21.9 Å². The Morgan fingerprint density at radius 1 is 1.61 bits per heavy atom. The van der Waals surface area contributed by atoms with E-state index >= 15 is 0 Å². The SMILES string of the molecule is CO[C@@H]1C[C@@H](CCO)O[C@H]1n1ccc(=O)[nH]c1=O. The smallest absolute Gasteiger partial charge is 0.330 e. The summed E-state index contributed by atoms with van der Waals surface area (Å²) in [4.78, 5) is 24.9. The predicted octanol–water partition coefficient (Wildman–Crippen LogP) is -0.778. The molecule has 18 heavy (non-hydrogen) atoms. The fourth-order valence-corrected chi connectivity index (χ4v) is 2.13. The van der Waals surface area contributed by atoms with Gasteiger partial charge < -0.3 is 14.6 Å². The molecule has 7 nitrogen and oxygen atoms in total. The van der Waals surface area contributed by atoms with Crippen LogP contribution in [0.2, 0.25) is 0 Å². The second-order valence-corrected chi connectivity index (χ2v) is 4.19. The summed E-state index contributed by atoms with van der Waals surface area (Å²) in [6.07, 6.45) is 1.49. The van der Waals surface area contributed by atoms with Gasteiger partial charge in [0.15, 0.2) is 6.23 Å². The molecule has 0 saturated carbocycles. The molecule has 100 valence electrons. The van der Waals surface area contributed by atoms with Crippen LogP contribution in [-0.4, -0.2) is 40.6 Å². The number of rotatable bonds is 4. The van der Waals surface area contributed by atoms with Crippen molar-refractivity contribution in [3.63, 3.8) is 0 Å². The zero-order valence-electron chi connectivity index (χ0n) is 10.0. The average molecular weight is 256 g/mol. The van der Waals surface area contributed by atoms with Crippen molar-refractivity contribution in [2.75, 3.05) is 13.7 Å². The van der Waals surface area contributed by atoms with E-state index in [1.165, 1.54) is 16.8 Å². The van der Waals surface area contributed by atoms with E-state index in [0.29, 0.717) is 12.8 Å². The van der Waals surface area contributed by atoms with Crippen LogP contribution in [0.3, 0.4) is 0 Å². The molecular weight excluding hydrogens is 240 g/mol. The van der Waals surface area contributed by atoms with Gasteiger partial charge in [0.2, 0.25) is 0 Å². The molecule has 1 aromatic heterocycles. The van der Waals surface area contributed by atoms with E-state index in [4.69, 9.17) is 14.6 Å². The van der Waals surface area contributed by atoms with Gasteiger partial charge in [-0.05, 0) is 6.42 Å². The lowest BCUT2D eigenvalue weighted by molar-refractivity contribution is -0.0559.